The van der Waals surface area contributed by atoms with Crippen molar-refractivity contribution in [3.8, 4) is 12.3 Å². The zero-order valence-electron chi connectivity index (χ0n) is 5.46. The summed E-state index contributed by atoms with van der Waals surface area (Å²) in [6.07, 6.45) is 5.31. The summed E-state index contributed by atoms with van der Waals surface area (Å²) in [5.74, 6) is 2.47. The van der Waals surface area contributed by atoms with Gasteiger partial charge in [0.05, 0.1) is 13.2 Å². The molecule has 50 valence electrons. The van der Waals surface area contributed by atoms with Crippen molar-refractivity contribution in [3.05, 3.63) is 0 Å². The lowest BCUT2D eigenvalue weighted by atomic mass is 10.4. The molecule has 0 saturated carbocycles. The van der Waals surface area contributed by atoms with Gasteiger partial charge in [-0.25, -0.2) is 0 Å². The van der Waals surface area contributed by atoms with Gasteiger partial charge in [0.2, 0.25) is 0 Å². The first-order chi connectivity index (χ1) is 4.33. The highest BCUT2D eigenvalue weighted by atomic mass is 16.6. The highest BCUT2D eigenvalue weighted by Crippen LogP contribution is 2.09. The fraction of sp³-hybridized carbons (Fsp3) is 0.714. The smallest absolute Gasteiger partial charge is 0.115 e. The Balaban J connectivity index is 1.97. The summed E-state index contributed by atoms with van der Waals surface area (Å²) in [7, 11) is 0. The van der Waals surface area contributed by atoms with E-state index in [0.29, 0.717) is 12.7 Å². The van der Waals surface area contributed by atoms with Crippen LogP contribution < -0.4 is 0 Å². The molecule has 1 fully saturated rings. The molecule has 0 spiro atoms. The Morgan fingerprint density at radius 2 is 2.67 bits per heavy atom. The van der Waals surface area contributed by atoms with E-state index in [4.69, 9.17) is 15.9 Å². The van der Waals surface area contributed by atoms with Crippen molar-refractivity contribution in [1.29, 1.82) is 0 Å². The van der Waals surface area contributed by atoms with Gasteiger partial charge in [0.15, 0.2) is 0 Å². The van der Waals surface area contributed by atoms with Crippen molar-refractivity contribution in [2.75, 3.05) is 13.2 Å². The zero-order chi connectivity index (χ0) is 6.69. The van der Waals surface area contributed by atoms with Crippen molar-refractivity contribution in [2.45, 2.75) is 19.1 Å². The normalized spacial score (nSPS) is 26.9. The summed E-state index contributed by atoms with van der Waals surface area (Å²) in [4.78, 5) is 0. The quantitative estimate of drug-likeness (QED) is 0.404. The Kier molecular flexibility index (Phi) is 2.10. The van der Waals surface area contributed by atoms with E-state index in [9.17, 15) is 0 Å². The van der Waals surface area contributed by atoms with Crippen LogP contribution in [0.2, 0.25) is 0 Å². The van der Waals surface area contributed by atoms with E-state index in [2.05, 4.69) is 5.92 Å². The molecule has 9 heavy (non-hydrogen) atoms. The molecule has 0 aromatic heterocycles. The van der Waals surface area contributed by atoms with Crippen LogP contribution in [0, 0.1) is 12.3 Å². The molecule has 1 heterocycles. The van der Waals surface area contributed by atoms with Crippen LogP contribution >= 0.6 is 0 Å². The maximum absolute atomic E-state index is 5.15. The highest BCUT2D eigenvalue weighted by molar-refractivity contribution is 4.91. The van der Waals surface area contributed by atoms with E-state index in [-0.39, 0.29) is 6.10 Å². The number of epoxide rings is 1. The molecular formula is C7H10O2. The highest BCUT2D eigenvalue weighted by Gasteiger charge is 2.22. The number of hydrogen-bond donors (Lipinski definition) is 0. The van der Waals surface area contributed by atoms with Gasteiger partial charge in [-0.2, -0.15) is 0 Å². The predicted molar refractivity (Wildman–Crippen MR) is 34.0 cm³/mol. The van der Waals surface area contributed by atoms with Gasteiger partial charge >= 0.3 is 0 Å². The second kappa shape index (κ2) is 2.86. The molecule has 1 aliphatic heterocycles. The van der Waals surface area contributed by atoms with Crippen molar-refractivity contribution >= 4 is 0 Å². The Bertz CT molecular complexity index is 121. The fourth-order valence-corrected chi connectivity index (χ4v) is 0.464. The summed E-state index contributed by atoms with van der Waals surface area (Å²) in [6.45, 7) is 3.32. The van der Waals surface area contributed by atoms with Gasteiger partial charge in [-0.05, 0) is 6.92 Å². The summed E-state index contributed by atoms with van der Waals surface area (Å²) in [5.41, 5.74) is 0. The van der Waals surface area contributed by atoms with Gasteiger partial charge < -0.3 is 9.47 Å². The topological polar surface area (TPSA) is 21.8 Å². The van der Waals surface area contributed by atoms with Gasteiger partial charge in [-0.1, -0.05) is 5.92 Å². The minimum absolute atomic E-state index is 0.0748. The Hall–Kier alpha value is -0.520. The molecule has 0 aromatic rings. The molecule has 2 nitrogen and oxygen atoms in total. The lowest BCUT2D eigenvalue weighted by Crippen LogP contribution is -2.09. The molecule has 1 aliphatic rings. The Labute approximate surface area is 55.1 Å². The maximum Gasteiger partial charge on any atom is 0.115 e. The predicted octanol–water partition coefficient (Wildman–Crippen LogP) is 0.423. The lowest BCUT2D eigenvalue weighted by Gasteiger charge is -2.02. The maximum atomic E-state index is 5.15. The minimum atomic E-state index is -0.0748. The molecule has 1 rings (SSSR count). The van der Waals surface area contributed by atoms with Gasteiger partial charge in [0.25, 0.3) is 0 Å². The van der Waals surface area contributed by atoms with Crippen molar-refractivity contribution < 1.29 is 9.47 Å². The number of rotatable bonds is 3. The van der Waals surface area contributed by atoms with Crippen LogP contribution in [-0.4, -0.2) is 25.4 Å². The fourth-order valence-electron chi connectivity index (χ4n) is 0.464. The van der Waals surface area contributed by atoms with Crippen LogP contribution in [0.25, 0.3) is 0 Å². The van der Waals surface area contributed by atoms with E-state index >= 15 is 0 Å². The van der Waals surface area contributed by atoms with Crippen LogP contribution in [-0.2, 0) is 9.47 Å². The van der Waals surface area contributed by atoms with Crippen LogP contribution in [0.1, 0.15) is 6.92 Å². The van der Waals surface area contributed by atoms with E-state index in [1.165, 1.54) is 0 Å². The minimum Gasteiger partial charge on any atom is -0.371 e. The molecule has 1 saturated heterocycles. The average Bonchev–Trinajstić information content (AvgIpc) is 2.65. The molecular weight excluding hydrogens is 116 g/mol. The first kappa shape index (κ1) is 6.60. The third-order valence-corrected chi connectivity index (χ3v) is 1.17. The third kappa shape index (κ3) is 2.50. The molecule has 0 unspecified atom stereocenters. The lowest BCUT2D eigenvalue weighted by molar-refractivity contribution is 0.0888. The van der Waals surface area contributed by atoms with Crippen LogP contribution in [0.4, 0.5) is 0 Å². The summed E-state index contributed by atoms with van der Waals surface area (Å²) in [6, 6.07) is 0. The zero-order valence-corrected chi connectivity index (χ0v) is 5.46. The molecule has 0 radical (unpaired) electrons. The first-order valence-electron chi connectivity index (χ1n) is 3.02. The number of terminal acetylenes is 1. The second-order valence-electron chi connectivity index (χ2n) is 2.10. The van der Waals surface area contributed by atoms with Gasteiger partial charge in [0, 0.05) is 0 Å². The number of ether oxygens (including phenoxy) is 2. The Morgan fingerprint density at radius 1 is 2.00 bits per heavy atom. The van der Waals surface area contributed by atoms with Crippen LogP contribution in [0.3, 0.4) is 0 Å². The summed E-state index contributed by atoms with van der Waals surface area (Å²) in [5, 5.41) is 0. The molecule has 0 aromatic carbocycles. The van der Waals surface area contributed by atoms with Gasteiger partial charge in [-0.15, -0.1) is 6.42 Å². The van der Waals surface area contributed by atoms with Crippen molar-refractivity contribution in [3.63, 3.8) is 0 Å². The van der Waals surface area contributed by atoms with Gasteiger partial charge in [0.1, 0.15) is 12.2 Å². The molecule has 0 N–H and O–H groups in total. The molecule has 0 aliphatic carbocycles. The third-order valence-electron chi connectivity index (χ3n) is 1.17. The van der Waals surface area contributed by atoms with Crippen molar-refractivity contribution in [2.24, 2.45) is 0 Å². The SMILES string of the molecule is C#C[C@@H](C)OC[C@H]1CO1. The first-order valence-corrected chi connectivity index (χ1v) is 3.02. The van der Waals surface area contributed by atoms with Crippen LogP contribution in [0.15, 0.2) is 0 Å². The largest absolute Gasteiger partial charge is 0.371 e. The van der Waals surface area contributed by atoms with Gasteiger partial charge in [-0.3, -0.25) is 0 Å². The van der Waals surface area contributed by atoms with Crippen LogP contribution in [0.5, 0.6) is 0 Å². The molecule has 2 atom stereocenters. The van der Waals surface area contributed by atoms with E-state index in [1.807, 2.05) is 6.92 Å². The monoisotopic (exact) mass is 126 g/mol. The molecule has 0 bridgehead atoms. The second-order valence-corrected chi connectivity index (χ2v) is 2.10. The van der Waals surface area contributed by atoms with E-state index in [1.54, 1.807) is 0 Å². The average molecular weight is 126 g/mol. The number of hydrogen-bond acceptors (Lipinski definition) is 2. The van der Waals surface area contributed by atoms with E-state index in [0.717, 1.165) is 6.61 Å². The van der Waals surface area contributed by atoms with Crippen molar-refractivity contribution in [1.82, 2.24) is 0 Å². The molecule has 0 amide bonds. The van der Waals surface area contributed by atoms with E-state index < -0.39 is 0 Å². The summed E-state index contributed by atoms with van der Waals surface area (Å²) < 4.78 is 10.1. The molecule has 2 heteroatoms. The summed E-state index contributed by atoms with van der Waals surface area (Å²) >= 11 is 0. The standard InChI is InChI=1S/C7H10O2/c1-3-6(2)8-4-7-5-9-7/h1,6-7H,4-5H2,2H3/t6-,7+/m1/s1. The Morgan fingerprint density at radius 3 is 3.11 bits per heavy atom.